The predicted molar refractivity (Wildman–Crippen MR) is 52.6 cm³/mol. The monoisotopic (exact) mass is 170 g/mol. The lowest BCUT2D eigenvalue weighted by atomic mass is 10.2. The molecule has 1 nitrogen and oxygen atoms in total. The standard InChI is InChI=1S/C9H18OSi/c1-8(2)9(10)6-7-11(3,4)5/h1,6-7H2,2-5H3. The van der Waals surface area contributed by atoms with Crippen LogP contribution in [0.4, 0.5) is 0 Å². The maximum absolute atomic E-state index is 11.1. The van der Waals surface area contributed by atoms with Crippen molar-refractivity contribution >= 4 is 13.9 Å². The van der Waals surface area contributed by atoms with Gasteiger partial charge in [0.1, 0.15) is 0 Å². The van der Waals surface area contributed by atoms with Gasteiger partial charge in [-0.25, -0.2) is 0 Å². The van der Waals surface area contributed by atoms with E-state index in [1.807, 2.05) is 0 Å². The molecule has 0 unspecified atom stereocenters. The van der Waals surface area contributed by atoms with Gasteiger partial charge in [-0.2, -0.15) is 0 Å². The highest BCUT2D eigenvalue weighted by Crippen LogP contribution is 2.12. The molecule has 0 aromatic rings. The zero-order chi connectivity index (χ0) is 9.07. The largest absolute Gasteiger partial charge is 0.295 e. The number of ketones is 1. The van der Waals surface area contributed by atoms with Crippen LogP contribution < -0.4 is 0 Å². The summed E-state index contributed by atoms with van der Waals surface area (Å²) < 4.78 is 0. The van der Waals surface area contributed by atoms with E-state index in [2.05, 4.69) is 26.2 Å². The Hall–Kier alpha value is -0.373. The van der Waals surface area contributed by atoms with Crippen LogP contribution in [0, 0.1) is 0 Å². The third-order valence-electron chi connectivity index (χ3n) is 1.58. The molecule has 0 aliphatic carbocycles. The molecule has 0 saturated carbocycles. The first-order valence-corrected chi connectivity index (χ1v) is 7.72. The molecule has 11 heavy (non-hydrogen) atoms. The quantitative estimate of drug-likeness (QED) is 0.468. The lowest BCUT2D eigenvalue weighted by Crippen LogP contribution is -2.20. The second-order valence-corrected chi connectivity index (χ2v) is 9.89. The van der Waals surface area contributed by atoms with Gasteiger partial charge in [0.15, 0.2) is 5.78 Å². The summed E-state index contributed by atoms with van der Waals surface area (Å²) in [6.45, 7) is 12.2. The maximum Gasteiger partial charge on any atom is 0.157 e. The van der Waals surface area contributed by atoms with E-state index in [1.54, 1.807) is 6.92 Å². The molecule has 0 saturated heterocycles. The van der Waals surface area contributed by atoms with Gasteiger partial charge < -0.3 is 0 Å². The molecule has 0 atom stereocenters. The molecular formula is C9H18OSi. The van der Waals surface area contributed by atoms with Crippen molar-refractivity contribution in [3.63, 3.8) is 0 Å². The third-order valence-corrected chi connectivity index (χ3v) is 3.33. The van der Waals surface area contributed by atoms with Gasteiger partial charge >= 0.3 is 0 Å². The molecular weight excluding hydrogens is 152 g/mol. The second kappa shape index (κ2) is 3.86. The van der Waals surface area contributed by atoms with Gasteiger partial charge in [0.2, 0.25) is 0 Å². The molecule has 0 spiro atoms. The summed E-state index contributed by atoms with van der Waals surface area (Å²) >= 11 is 0. The van der Waals surface area contributed by atoms with Crippen molar-refractivity contribution in [2.75, 3.05) is 0 Å². The van der Waals surface area contributed by atoms with E-state index in [9.17, 15) is 4.79 Å². The summed E-state index contributed by atoms with van der Waals surface area (Å²) in [7, 11) is -1.03. The Balaban J connectivity index is 3.73. The molecule has 64 valence electrons. The van der Waals surface area contributed by atoms with Crippen LogP contribution in [-0.4, -0.2) is 13.9 Å². The van der Waals surface area contributed by atoms with E-state index in [4.69, 9.17) is 0 Å². The summed E-state index contributed by atoms with van der Waals surface area (Å²) in [6.07, 6.45) is 0.699. The van der Waals surface area contributed by atoms with Gasteiger partial charge in [0.05, 0.1) is 0 Å². The van der Waals surface area contributed by atoms with Crippen LogP contribution in [0.5, 0.6) is 0 Å². The van der Waals surface area contributed by atoms with Crippen molar-refractivity contribution in [3.8, 4) is 0 Å². The van der Waals surface area contributed by atoms with Crippen molar-refractivity contribution in [1.29, 1.82) is 0 Å². The highest BCUT2D eigenvalue weighted by Gasteiger charge is 2.14. The summed E-state index contributed by atoms with van der Waals surface area (Å²) in [5.74, 6) is 0.229. The smallest absolute Gasteiger partial charge is 0.157 e. The lowest BCUT2D eigenvalue weighted by molar-refractivity contribution is -0.115. The second-order valence-electron chi connectivity index (χ2n) is 4.26. The minimum Gasteiger partial charge on any atom is -0.295 e. The molecule has 0 N–H and O–H groups in total. The molecule has 0 fully saturated rings. The van der Waals surface area contributed by atoms with Gasteiger partial charge in [-0.05, 0) is 12.5 Å². The van der Waals surface area contributed by atoms with Crippen LogP contribution in [0.15, 0.2) is 12.2 Å². The van der Waals surface area contributed by atoms with Crippen molar-refractivity contribution in [3.05, 3.63) is 12.2 Å². The topological polar surface area (TPSA) is 17.1 Å². The van der Waals surface area contributed by atoms with Crippen LogP contribution in [-0.2, 0) is 4.79 Å². The highest BCUT2D eigenvalue weighted by atomic mass is 28.3. The molecule has 0 bridgehead atoms. The van der Waals surface area contributed by atoms with E-state index in [0.29, 0.717) is 12.0 Å². The zero-order valence-electron chi connectivity index (χ0n) is 8.03. The van der Waals surface area contributed by atoms with Gasteiger partial charge in [-0.15, -0.1) is 0 Å². The maximum atomic E-state index is 11.1. The molecule has 0 amide bonds. The number of hydrogen-bond donors (Lipinski definition) is 0. The molecule has 0 aromatic carbocycles. The SMILES string of the molecule is C=C(C)C(=O)CC[Si](C)(C)C. The molecule has 0 aromatic heterocycles. The molecule has 0 radical (unpaired) electrons. The van der Waals surface area contributed by atoms with Gasteiger partial charge in [-0.1, -0.05) is 32.3 Å². The Morgan fingerprint density at radius 1 is 1.36 bits per heavy atom. The van der Waals surface area contributed by atoms with Gasteiger partial charge in [0.25, 0.3) is 0 Å². The number of carbonyl (C=O) groups excluding carboxylic acids is 1. The minimum atomic E-state index is -1.03. The van der Waals surface area contributed by atoms with Crippen LogP contribution in [0.25, 0.3) is 0 Å². The Morgan fingerprint density at radius 2 is 1.82 bits per heavy atom. The number of rotatable bonds is 4. The number of Topliss-reactive ketones (excluding diaryl/α,β-unsaturated/α-hetero) is 1. The molecule has 0 aliphatic heterocycles. The molecule has 0 heterocycles. The van der Waals surface area contributed by atoms with Crippen LogP contribution >= 0.6 is 0 Å². The molecule has 0 aliphatic rings. The van der Waals surface area contributed by atoms with E-state index >= 15 is 0 Å². The lowest BCUT2D eigenvalue weighted by Gasteiger charge is -2.14. The van der Waals surface area contributed by atoms with Crippen molar-refractivity contribution < 1.29 is 4.79 Å². The Kier molecular flexibility index (Phi) is 3.73. The Morgan fingerprint density at radius 3 is 2.09 bits per heavy atom. The number of hydrogen-bond acceptors (Lipinski definition) is 1. The van der Waals surface area contributed by atoms with E-state index in [1.165, 1.54) is 0 Å². The Labute approximate surface area is 70.5 Å². The average molecular weight is 170 g/mol. The highest BCUT2D eigenvalue weighted by molar-refractivity contribution is 6.76. The summed E-state index contributed by atoms with van der Waals surface area (Å²) in [5.41, 5.74) is 0.697. The first kappa shape index (κ1) is 10.6. The van der Waals surface area contributed by atoms with Crippen LogP contribution in [0.1, 0.15) is 13.3 Å². The predicted octanol–water partition coefficient (Wildman–Crippen LogP) is 2.86. The summed E-state index contributed by atoms with van der Waals surface area (Å²) in [6, 6.07) is 1.08. The fourth-order valence-electron chi connectivity index (χ4n) is 0.702. The number of carbonyl (C=O) groups is 1. The first-order valence-electron chi connectivity index (χ1n) is 4.01. The number of allylic oxidation sites excluding steroid dienone is 1. The van der Waals surface area contributed by atoms with E-state index in [-0.39, 0.29) is 5.78 Å². The minimum absolute atomic E-state index is 0.229. The molecule has 0 rings (SSSR count). The normalized spacial score (nSPS) is 11.3. The summed E-state index contributed by atoms with van der Waals surface area (Å²) in [5, 5.41) is 0. The fraction of sp³-hybridized carbons (Fsp3) is 0.667. The third kappa shape index (κ3) is 6.04. The average Bonchev–Trinajstić information content (AvgIpc) is 1.80. The van der Waals surface area contributed by atoms with Crippen molar-refractivity contribution in [2.45, 2.75) is 39.0 Å². The van der Waals surface area contributed by atoms with Gasteiger partial charge in [0, 0.05) is 14.5 Å². The zero-order valence-corrected chi connectivity index (χ0v) is 9.03. The van der Waals surface area contributed by atoms with Crippen LogP contribution in [0.3, 0.4) is 0 Å². The first-order chi connectivity index (χ1) is 4.83. The Bertz CT molecular complexity index is 165. The van der Waals surface area contributed by atoms with E-state index < -0.39 is 8.07 Å². The van der Waals surface area contributed by atoms with E-state index in [0.717, 1.165) is 6.04 Å². The fourth-order valence-corrected chi connectivity index (χ4v) is 1.68. The van der Waals surface area contributed by atoms with Crippen molar-refractivity contribution in [1.82, 2.24) is 0 Å². The molecule has 2 heteroatoms. The van der Waals surface area contributed by atoms with Crippen molar-refractivity contribution in [2.24, 2.45) is 0 Å². The van der Waals surface area contributed by atoms with Gasteiger partial charge in [-0.3, -0.25) is 4.79 Å². The summed E-state index contributed by atoms with van der Waals surface area (Å²) in [4.78, 5) is 11.1. The van der Waals surface area contributed by atoms with Crippen LogP contribution in [0.2, 0.25) is 25.7 Å².